The lowest BCUT2D eigenvalue weighted by atomic mass is 10.2. The van der Waals surface area contributed by atoms with Gasteiger partial charge in [0.2, 0.25) is 0 Å². The Morgan fingerprint density at radius 1 is 1.24 bits per heavy atom. The quantitative estimate of drug-likeness (QED) is 0.390. The van der Waals surface area contributed by atoms with Crippen molar-refractivity contribution in [2.75, 3.05) is 13.1 Å². The zero-order chi connectivity index (χ0) is 15.9. The van der Waals surface area contributed by atoms with Gasteiger partial charge >= 0.3 is 0 Å². The first-order valence-corrected chi connectivity index (χ1v) is 7.67. The minimum Gasteiger partial charge on any atom is -0.342 e. The van der Waals surface area contributed by atoms with Crippen LogP contribution in [0.25, 0.3) is 0 Å². The predicted octanol–water partition coefficient (Wildman–Crippen LogP) is 3.23. The second-order valence-corrected chi connectivity index (χ2v) is 4.56. The standard InChI is InChI=1S/C15H26ClN5/c1-4-7-9-13(10-17)21-15(20-12-18-6-3)11-19-14(16)8-5-2/h8-9,11-12H,4-7,10,17H2,1-3H3,(H,18,20,21)/b13-9+,14-8-,19-11+. The molecule has 0 heterocycles. The van der Waals surface area contributed by atoms with Crippen LogP contribution < -0.4 is 11.1 Å². The monoisotopic (exact) mass is 311 g/mol. The number of halogens is 1. The van der Waals surface area contributed by atoms with Crippen LogP contribution in [0.15, 0.2) is 38.0 Å². The third-order valence-corrected chi connectivity index (χ3v) is 2.58. The SMILES string of the molecule is CC\C=C(Cl)/N=C/C(=N\C=N/CC)N/C(=C/CCC)CN. The fourth-order valence-corrected chi connectivity index (χ4v) is 1.50. The number of aliphatic imine (C=N–C) groups is 3. The van der Waals surface area contributed by atoms with E-state index in [1.54, 1.807) is 6.21 Å². The maximum Gasteiger partial charge on any atom is 0.150 e. The first kappa shape index (κ1) is 19.5. The summed E-state index contributed by atoms with van der Waals surface area (Å²) in [5, 5.41) is 3.59. The zero-order valence-corrected chi connectivity index (χ0v) is 13.9. The summed E-state index contributed by atoms with van der Waals surface area (Å²) in [7, 11) is 0. The molecule has 0 aliphatic heterocycles. The highest BCUT2D eigenvalue weighted by atomic mass is 35.5. The molecule has 0 radical (unpaired) electrons. The predicted molar refractivity (Wildman–Crippen MR) is 94.4 cm³/mol. The number of nitrogens with one attached hydrogen (secondary N) is 1. The van der Waals surface area contributed by atoms with Gasteiger partial charge in [0, 0.05) is 18.8 Å². The van der Waals surface area contributed by atoms with Crippen molar-refractivity contribution in [3.8, 4) is 0 Å². The lowest BCUT2D eigenvalue weighted by Gasteiger charge is -2.08. The van der Waals surface area contributed by atoms with Crippen molar-refractivity contribution in [2.45, 2.75) is 40.0 Å². The van der Waals surface area contributed by atoms with Crippen molar-refractivity contribution < 1.29 is 0 Å². The van der Waals surface area contributed by atoms with Crippen molar-refractivity contribution in [1.29, 1.82) is 0 Å². The zero-order valence-electron chi connectivity index (χ0n) is 13.1. The minimum atomic E-state index is 0.413. The summed E-state index contributed by atoms with van der Waals surface area (Å²) in [5.41, 5.74) is 6.62. The van der Waals surface area contributed by atoms with Crippen LogP contribution in [0.2, 0.25) is 0 Å². The van der Waals surface area contributed by atoms with Crippen LogP contribution >= 0.6 is 11.6 Å². The van der Waals surface area contributed by atoms with Crippen LogP contribution in [0, 0.1) is 0 Å². The normalized spacial score (nSPS) is 14.4. The van der Waals surface area contributed by atoms with Crippen LogP contribution in [0.5, 0.6) is 0 Å². The van der Waals surface area contributed by atoms with Gasteiger partial charge in [0.1, 0.15) is 11.5 Å². The molecule has 0 unspecified atom stereocenters. The van der Waals surface area contributed by atoms with Gasteiger partial charge in [0.05, 0.1) is 6.21 Å². The minimum absolute atomic E-state index is 0.413. The second-order valence-electron chi connectivity index (χ2n) is 4.17. The largest absolute Gasteiger partial charge is 0.342 e. The number of unbranched alkanes of at least 4 members (excludes halogenated alkanes) is 1. The molecular weight excluding hydrogens is 286 g/mol. The van der Waals surface area contributed by atoms with Gasteiger partial charge in [0.25, 0.3) is 0 Å². The van der Waals surface area contributed by atoms with E-state index in [9.17, 15) is 0 Å². The number of rotatable bonds is 9. The molecule has 0 saturated carbocycles. The molecule has 0 aliphatic carbocycles. The molecule has 21 heavy (non-hydrogen) atoms. The van der Waals surface area contributed by atoms with E-state index in [0.717, 1.165) is 25.0 Å². The van der Waals surface area contributed by atoms with Gasteiger partial charge in [-0.2, -0.15) is 0 Å². The topological polar surface area (TPSA) is 75.1 Å². The molecule has 0 amide bonds. The molecule has 6 heteroatoms. The van der Waals surface area contributed by atoms with Gasteiger partial charge in [-0.15, -0.1) is 0 Å². The maximum atomic E-state index is 5.95. The molecule has 0 bridgehead atoms. The first-order chi connectivity index (χ1) is 10.2. The van der Waals surface area contributed by atoms with E-state index < -0.39 is 0 Å². The Morgan fingerprint density at radius 2 is 2.00 bits per heavy atom. The lowest BCUT2D eigenvalue weighted by molar-refractivity contribution is 0.915. The Morgan fingerprint density at radius 3 is 2.57 bits per heavy atom. The summed E-state index contributed by atoms with van der Waals surface area (Å²) in [6.45, 7) is 7.15. The van der Waals surface area contributed by atoms with Crippen molar-refractivity contribution in [3.63, 3.8) is 0 Å². The molecule has 0 rings (SSSR count). The summed E-state index contributed by atoms with van der Waals surface area (Å²) in [6, 6.07) is 0. The highest BCUT2D eigenvalue weighted by Gasteiger charge is 1.99. The average Bonchev–Trinajstić information content (AvgIpc) is 2.48. The van der Waals surface area contributed by atoms with E-state index in [1.807, 2.05) is 19.9 Å². The molecule has 3 N–H and O–H groups in total. The smallest absolute Gasteiger partial charge is 0.150 e. The Labute approximate surface area is 132 Å². The summed E-state index contributed by atoms with van der Waals surface area (Å²) in [4.78, 5) is 12.4. The molecule has 0 aromatic heterocycles. The van der Waals surface area contributed by atoms with E-state index in [-0.39, 0.29) is 0 Å². The Hall–Kier alpha value is -1.46. The van der Waals surface area contributed by atoms with Crippen LogP contribution in [-0.2, 0) is 0 Å². The van der Waals surface area contributed by atoms with E-state index in [4.69, 9.17) is 17.3 Å². The van der Waals surface area contributed by atoms with Gasteiger partial charge in [0.15, 0.2) is 5.84 Å². The molecule has 118 valence electrons. The number of allylic oxidation sites excluding steroid dienone is 2. The summed E-state index contributed by atoms with van der Waals surface area (Å²) in [5.74, 6) is 0.558. The molecule has 0 spiro atoms. The van der Waals surface area contributed by atoms with Crippen molar-refractivity contribution in [2.24, 2.45) is 20.7 Å². The Balaban J connectivity index is 5.01. The highest BCUT2D eigenvalue weighted by Crippen LogP contribution is 2.03. The van der Waals surface area contributed by atoms with Crippen molar-refractivity contribution in [1.82, 2.24) is 5.32 Å². The molecule has 0 aromatic rings. The average molecular weight is 312 g/mol. The fraction of sp³-hybridized carbons (Fsp3) is 0.533. The van der Waals surface area contributed by atoms with Gasteiger partial charge < -0.3 is 11.1 Å². The number of nitrogens with two attached hydrogens (primary N) is 1. The molecular formula is C15H26ClN5. The molecule has 0 saturated heterocycles. The van der Waals surface area contributed by atoms with Crippen LogP contribution in [-0.4, -0.2) is 31.5 Å². The Bertz CT molecular complexity index is 422. The fourth-order valence-electron chi connectivity index (χ4n) is 1.29. The summed E-state index contributed by atoms with van der Waals surface area (Å²) < 4.78 is 0. The Kier molecular flexibility index (Phi) is 12.6. The van der Waals surface area contributed by atoms with Gasteiger partial charge in [-0.3, -0.25) is 4.99 Å². The van der Waals surface area contributed by atoms with E-state index in [2.05, 4.69) is 33.3 Å². The van der Waals surface area contributed by atoms with Crippen molar-refractivity contribution >= 4 is 30.0 Å². The van der Waals surface area contributed by atoms with Crippen LogP contribution in [0.4, 0.5) is 0 Å². The molecule has 0 aliphatic rings. The summed E-state index contributed by atoms with van der Waals surface area (Å²) in [6.07, 6.45) is 9.82. The second kappa shape index (κ2) is 13.5. The maximum absolute atomic E-state index is 5.95. The van der Waals surface area contributed by atoms with E-state index in [1.165, 1.54) is 6.34 Å². The van der Waals surface area contributed by atoms with E-state index in [0.29, 0.717) is 24.1 Å². The first-order valence-electron chi connectivity index (χ1n) is 7.29. The molecule has 0 fully saturated rings. The number of hydrogen-bond donors (Lipinski definition) is 2. The van der Waals surface area contributed by atoms with Crippen LogP contribution in [0.1, 0.15) is 40.0 Å². The van der Waals surface area contributed by atoms with Crippen molar-refractivity contribution in [3.05, 3.63) is 23.0 Å². The third-order valence-electron chi connectivity index (χ3n) is 2.33. The van der Waals surface area contributed by atoms with Gasteiger partial charge in [-0.05, 0) is 25.8 Å². The molecule has 5 nitrogen and oxygen atoms in total. The van der Waals surface area contributed by atoms with Gasteiger partial charge in [-0.1, -0.05) is 37.9 Å². The van der Waals surface area contributed by atoms with Crippen LogP contribution in [0.3, 0.4) is 0 Å². The highest BCUT2D eigenvalue weighted by molar-refractivity contribution is 6.35. The number of amidine groups is 1. The molecule has 0 aromatic carbocycles. The number of hydrogen-bond acceptors (Lipinski definition) is 3. The van der Waals surface area contributed by atoms with E-state index >= 15 is 0 Å². The number of nitrogens with zero attached hydrogens (tertiary/aromatic N) is 3. The van der Waals surface area contributed by atoms with Gasteiger partial charge in [-0.25, -0.2) is 9.98 Å². The lowest BCUT2D eigenvalue weighted by Crippen LogP contribution is -2.28. The molecule has 0 atom stereocenters. The summed E-state index contributed by atoms with van der Waals surface area (Å²) >= 11 is 5.95. The third kappa shape index (κ3) is 10.9.